The Morgan fingerprint density at radius 1 is 1.26 bits per heavy atom. The fraction of sp³-hybridized carbons (Fsp3) is 0.381. The van der Waals surface area contributed by atoms with Crippen molar-refractivity contribution >= 4 is 11.8 Å². The molecule has 6 nitrogen and oxygen atoms in total. The number of hydrogen-bond acceptors (Lipinski definition) is 3. The van der Waals surface area contributed by atoms with Crippen LogP contribution in [0, 0.1) is 5.92 Å². The number of benzene rings is 1. The minimum atomic E-state index is -0.240. The highest BCUT2D eigenvalue weighted by Crippen LogP contribution is 2.23. The summed E-state index contributed by atoms with van der Waals surface area (Å²) in [5, 5.41) is 4.69. The highest BCUT2D eigenvalue weighted by atomic mass is 16.2. The maximum Gasteiger partial charge on any atom is 0.228 e. The second kappa shape index (κ2) is 7.39. The van der Waals surface area contributed by atoms with Gasteiger partial charge in [0.2, 0.25) is 11.8 Å². The molecule has 1 aromatic heterocycles. The molecule has 0 radical (unpaired) electrons. The maximum atomic E-state index is 12.9. The van der Waals surface area contributed by atoms with E-state index in [1.165, 1.54) is 5.56 Å². The lowest BCUT2D eigenvalue weighted by atomic mass is 10.1. The summed E-state index contributed by atoms with van der Waals surface area (Å²) in [6.45, 7) is 6.59. The van der Waals surface area contributed by atoms with Crippen LogP contribution in [0.1, 0.15) is 23.4 Å². The molecule has 0 bridgehead atoms. The lowest BCUT2D eigenvalue weighted by molar-refractivity contribution is -0.137. The zero-order chi connectivity index (χ0) is 18.8. The summed E-state index contributed by atoms with van der Waals surface area (Å²) in [5.41, 5.74) is 3.32. The first-order valence-electron chi connectivity index (χ1n) is 9.41. The molecule has 1 saturated heterocycles. The third-order valence-electron chi connectivity index (χ3n) is 5.30. The number of hydrogen-bond donors (Lipinski definition) is 0. The highest BCUT2D eigenvalue weighted by molar-refractivity contribution is 5.89. The predicted octanol–water partition coefficient (Wildman–Crippen LogP) is 1.85. The van der Waals surface area contributed by atoms with Crippen molar-refractivity contribution in [1.29, 1.82) is 0 Å². The van der Waals surface area contributed by atoms with E-state index in [2.05, 4.69) is 24.8 Å². The molecular formula is C21H24N4O2. The Morgan fingerprint density at radius 2 is 2.07 bits per heavy atom. The van der Waals surface area contributed by atoms with Crippen molar-refractivity contribution in [2.24, 2.45) is 5.92 Å². The smallest absolute Gasteiger partial charge is 0.228 e. The van der Waals surface area contributed by atoms with E-state index in [0.29, 0.717) is 39.1 Å². The number of amides is 2. The number of fused-ring (bicyclic) bond motifs is 1. The number of carbonyl (C=O) groups excluding carboxylic acids is 2. The van der Waals surface area contributed by atoms with Crippen LogP contribution in [-0.2, 0) is 29.1 Å². The van der Waals surface area contributed by atoms with Crippen LogP contribution >= 0.6 is 0 Å². The van der Waals surface area contributed by atoms with Gasteiger partial charge in [-0.05, 0) is 11.6 Å². The van der Waals surface area contributed by atoms with Gasteiger partial charge >= 0.3 is 0 Å². The van der Waals surface area contributed by atoms with E-state index in [4.69, 9.17) is 5.10 Å². The lowest BCUT2D eigenvalue weighted by Gasteiger charge is -2.29. The Labute approximate surface area is 159 Å². The molecule has 2 aliphatic heterocycles. The van der Waals surface area contributed by atoms with Crippen LogP contribution in [0.4, 0.5) is 0 Å². The Bertz CT molecular complexity index is 858. The minimum absolute atomic E-state index is 0.0421. The fourth-order valence-corrected chi connectivity index (χ4v) is 3.93. The van der Waals surface area contributed by atoms with Crippen LogP contribution in [0.5, 0.6) is 0 Å². The molecule has 0 spiro atoms. The van der Waals surface area contributed by atoms with E-state index in [-0.39, 0.29) is 17.7 Å². The first kappa shape index (κ1) is 17.5. The summed E-state index contributed by atoms with van der Waals surface area (Å²) in [5.74, 6) is -0.122. The largest absolute Gasteiger partial charge is 0.338 e. The normalized spacial score (nSPS) is 19.3. The van der Waals surface area contributed by atoms with Gasteiger partial charge in [-0.3, -0.25) is 14.3 Å². The van der Waals surface area contributed by atoms with Crippen molar-refractivity contribution in [3.63, 3.8) is 0 Å². The lowest BCUT2D eigenvalue weighted by Crippen LogP contribution is -2.42. The Kier molecular flexibility index (Phi) is 4.79. The van der Waals surface area contributed by atoms with Crippen LogP contribution in [0.2, 0.25) is 0 Å². The molecule has 27 heavy (non-hydrogen) atoms. The van der Waals surface area contributed by atoms with Gasteiger partial charge in [0.15, 0.2) is 0 Å². The predicted molar refractivity (Wildman–Crippen MR) is 102 cm³/mol. The van der Waals surface area contributed by atoms with Crippen molar-refractivity contribution < 1.29 is 9.59 Å². The maximum absolute atomic E-state index is 12.9. The number of nitrogens with zero attached hydrogens (tertiary/aromatic N) is 4. The topological polar surface area (TPSA) is 58.4 Å². The summed E-state index contributed by atoms with van der Waals surface area (Å²) in [6, 6.07) is 12.4. The van der Waals surface area contributed by atoms with Crippen molar-refractivity contribution in [1.82, 2.24) is 19.6 Å². The van der Waals surface area contributed by atoms with E-state index in [1.54, 1.807) is 11.0 Å². The number of rotatable bonds is 5. The summed E-state index contributed by atoms with van der Waals surface area (Å²) >= 11 is 0. The first-order chi connectivity index (χ1) is 13.1. The van der Waals surface area contributed by atoms with Gasteiger partial charge < -0.3 is 9.80 Å². The Balaban J connectivity index is 1.42. The highest BCUT2D eigenvalue weighted by Gasteiger charge is 2.37. The molecule has 3 heterocycles. The molecule has 0 N–H and O–H groups in total. The number of carbonyl (C=O) groups is 2. The van der Waals surface area contributed by atoms with Gasteiger partial charge in [0.1, 0.15) is 0 Å². The molecule has 2 amide bonds. The summed E-state index contributed by atoms with van der Waals surface area (Å²) < 4.78 is 2.01. The molecule has 2 aromatic rings. The average molecular weight is 364 g/mol. The van der Waals surface area contributed by atoms with E-state index in [1.807, 2.05) is 27.8 Å². The molecule has 6 heteroatoms. The van der Waals surface area contributed by atoms with Gasteiger partial charge in [0.25, 0.3) is 0 Å². The van der Waals surface area contributed by atoms with Crippen LogP contribution in [-0.4, -0.2) is 51.0 Å². The SMILES string of the molecule is C=CCN1CC(C(=O)N2CCn3nc(Cc4ccccc4)cc3C2)CC1=O. The molecule has 2 aliphatic rings. The summed E-state index contributed by atoms with van der Waals surface area (Å²) in [6.07, 6.45) is 2.81. The molecular weight excluding hydrogens is 340 g/mol. The second-order valence-corrected chi connectivity index (χ2v) is 7.26. The molecule has 140 valence electrons. The molecule has 0 saturated carbocycles. The molecule has 1 unspecified atom stereocenters. The van der Waals surface area contributed by atoms with Crippen molar-refractivity contribution in [3.8, 4) is 0 Å². The van der Waals surface area contributed by atoms with Gasteiger partial charge in [-0.15, -0.1) is 6.58 Å². The fourth-order valence-electron chi connectivity index (χ4n) is 3.93. The van der Waals surface area contributed by atoms with Crippen LogP contribution in [0.25, 0.3) is 0 Å². The quantitative estimate of drug-likeness (QED) is 0.761. The van der Waals surface area contributed by atoms with Crippen LogP contribution < -0.4 is 0 Å². The van der Waals surface area contributed by atoms with Crippen LogP contribution in [0.15, 0.2) is 49.1 Å². The second-order valence-electron chi connectivity index (χ2n) is 7.26. The number of aromatic nitrogens is 2. The molecule has 4 rings (SSSR count). The van der Waals surface area contributed by atoms with Gasteiger partial charge in [0.05, 0.1) is 30.4 Å². The Hall–Kier alpha value is -2.89. The zero-order valence-corrected chi connectivity index (χ0v) is 15.4. The van der Waals surface area contributed by atoms with Gasteiger partial charge in [-0.2, -0.15) is 5.10 Å². The van der Waals surface area contributed by atoms with Gasteiger partial charge in [-0.1, -0.05) is 36.4 Å². The van der Waals surface area contributed by atoms with Crippen molar-refractivity contribution in [2.75, 3.05) is 19.6 Å². The zero-order valence-electron chi connectivity index (χ0n) is 15.4. The monoisotopic (exact) mass is 364 g/mol. The number of likely N-dealkylation sites (tertiary alicyclic amines) is 1. The molecule has 1 fully saturated rings. The van der Waals surface area contributed by atoms with Gasteiger partial charge in [0, 0.05) is 32.5 Å². The third-order valence-corrected chi connectivity index (χ3v) is 5.30. The minimum Gasteiger partial charge on any atom is -0.338 e. The van der Waals surface area contributed by atoms with Crippen molar-refractivity contribution in [2.45, 2.75) is 25.9 Å². The van der Waals surface area contributed by atoms with E-state index in [0.717, 1.165) is 17.8 Å². The molecule has 1 aromatic carbocycles. The van der Waals surface area contributed by atoms with E-state index < -0.39 is 0 Å². The summed E-state index contributed by atoms with van der Waals surface area (Å²) in [4.78, 5) is 28.5. The van der Waals surface area contributed by atoms with Crippen molar-refractivity contribution in [3.05, 3.63) is 66.0 Å². The summed E-state index contributed by atoms with van der Waals surface area (Å²) in [7, 11) is 0. The van der Waals surface area contributed by atoms with Gasteiger partial charge in [-0.25, -0.2) is 0 Å². The average Bonchev–Trinajstić information content (AvgIpc) is 3.24. The van der Waals surface area contributed by atoms with E-state index in [9.17, 15) is 9.59 Å². The Morgan fingerprint density at radius 3 is 2.85 bits per heavy atom. The molecule has 0 aliphatic carbocycles. The first-order valence-corrected chi connectivity index (χ1v) is 9.41. The molecule has 1 atom stereocenters. The van der Waals surface area contributed by atoms with Crippen LogP contribution in [0.3, 0.4) is 0 Å². The third kappa shape index (κ3) is 3.65. The standard InChI is InChI=1S/C21H24N4O2/c1-2-8-23-14-17(12-20(23)26)21(27)24-9-10-25-19(15-24)13-18(22-25)11-16-6-4-3-5-7-16/h2-7,13,17H,1,8-12,14-15H2. The van der Waals surface area contributed by atoms with E-state index >= 15 is 0 Å².